The minimum absolute atomic E-state index is 0.750. The molecule has 1 N–H and O–H groups in total. The Kier molecular flexibility index (Phi) is 19.6. The first-order chi connectivity index (χ1) is 5.41. The van der Waals surface area contributed by atoms with Crippen molar-refractivity contribution in [3.8, 4) is 0 Å². The van der Waals surface area contributed by atoms with Crippen LogP contribution in [0.15, 0.2) is 0 Å². The van der Waals surface area contributed by atoms with Gasteiger partial charge in [0, 0.05) is 0 Å². The average Bonchev–Trinajstić information content (AvgIpc) is 2.12. The number of nitrogens with one attached hydrogen (secondary N) is 1. The molecule has 2 nitrogen and oxygen atoms in total. The summed E-state index contributed by atoms with van der Waals surface area (Å²) in [5, 5.41) is 3.28. The van der Waals surface area contributed by atoms with E-state index in [9.17, 15) is 0 Å². The second-order valence-corrected chi connectivity index (χ2v) is 2.05. The van der Waals surface area contributed by atoms with Crippen molar-refractivity contribution in [1.29, 1.82) is 0 Å². The highest BCUT2D eigenvalue weighted by Gasteiger charge is 1.93. The van der Waals surface area contributed by atoms with Gasteiger partial charge in [-0.3, -0.25) is 0 Å². The summed E-state index contributed by atoms with van der Waals surface area (Å²) in [5.41, 5.74) is 0. The molecule has 2 heteroatoms. The molecule has 68 valence electrons. The predicted molar refractivity (Wildman–Crippen MR) is 49.8 cm³/mol. The Labute approximate surface area is 70.4 Å². The van der Waals surface area contributed by atoms with Gasteiger partial charge in [-0.15, -0.1) is 0 Å². The summed E-state index contributed by atoms with van der Waals surface area (Å²) in [7, 11) is 0. The number of carbonyl (C=O) groups is 1. The Bertz CT molecular complexity index is 49.1. The fourth-order valence-electron chi connectivity index (χ4n) is 0.802. The van der Waals surface area contributed by atoms with E-state index in [0.717, 1.165) is 6.29 Å². The zero-order valence-electron chi connectivity index (χ0n) is 8.02. The maximum absolute atomic E-state index is 8.81. The third kappa shape index (κ3) is 17.7. The van der Waals surface area contributed by atoms with Crippen molar-refractivity contribution in [2.45, 2.75) is 40.0 Å². The Balaban J connectivity index is 0. The molecule has 0 atom stereocenters. The largest absolute Gasteiger partial charge is 0.317 e. The predicted octanol–water partition coefficient (Wildman–Crippen LogP) is 1.99. The molecule has 1 saturated heterocycles. The first-order valence-corrected chi connectivity index (χ1v) is 4.52. The van der Waals surface area contributed by atoms with Gasteiger partial charge >= 0.3 is 0 Å². The van der Waals surface area contributed by atoms with Gasteiger partial charge in [-0.05, 0) is 32.9 Å². The average molecular weight is 159 g/mol. The maximum atomic E-state index is 8.81. The van der Waals surface area contributed by atoms with Crippen LogP contribution in [-0.4, -0.2) is 19.4 Å². The van der Waals surface area contributed by atoms with E-state index in [1.165, 1.54) is 39.3 Å². The molecule has 0 saturated carbocycles. The summed E-state index contributed by atoms with van der Waals surface area (Å²) in [6.45, 7) is 7.94. The van der Waals surface area contributed by atoms with Gasteiger partial charge in [-0.25, -0.2) is 0 Å². The maximum Gasteiger partial charge on any atom is 0.116 e. The van der Waals surface area contributed by atoms with Gasteiger partial charge in [0.2, 0.25) is 0 Å². The van der Waals surface area contributed by atoms with Gasteiger partial charge in [0.25, 0.3) is 0 Å². The number of carbonyl (C=O) groups excluding carboxylic acids is 1. The molecule has 0 aliphatic carbocycles. The first-order valence-electron chi connectivity index (χ1n) is 4.52. The van der Waals surface area contributed by atoms with Crippen molar-refractivity contribution in [2.24, 2.45) is 0 Å². The molecule has 0 spiro atoms. The van der Waals surface area contributed by atoms with Crippen LogP contribution in [0, 0.1) is 0 Å². The number of hydrogen-bond acceptors (Lipinski definition) is 2. The lowest BCUT2D eigenvalue weighted by atomic mass is 10.2. The van der Waals surface area contributed by atoms with E-state index in [1.54, 1.807) is 0 Å². The van der Waals surface area contributed by atoms with E-state index < -0.39 is 0 Å². The number of rotatable bonds is 0. The Morgan fingerprint density at radius 1 is 1.09 bits per heavy atom. The van der Waals surface area contributed by atoms with Crippen LogP contribution < -0.4 is 5.32 Å². The lowest BCUT2D eigenvalue weighted by Crippen LogP contribution is -2.21. The molecule has 1 rings (SSSR count). The van der Waals surface area contributed by atoms with Gasteiger partial charge in [-0.1, -0.05) is 20.3 Å². The normalized spacial score (nSPS) is 14.8. The molecule has 1 aliphatic rings. The Morgan fingerprint density at radius 2 is 1.45 bits per heavy atom. The third-order valence-corrected chi connectivity index (χ3v) is 1.21. The van der Waals surface area contributed by atoms with Crippen LogP contribution in [-0.2, 0) is 4.79 Å². The number of hydrogen-bond donors (Lipinski definition) is 1. The molecule has 1 fully saturated rings. The van der Waals surface area contributed by atoms with E-state index in [1.807, 2.05) is 13.8 Å². The minimum Gasteiger partial charge on any atom is -0.317 e. The summed E-state index contributed by atoms with van der Waals surface area (Å²) in [6, 6.07) is 0. The summed E-state index contributed by atoms with van der Waals surface area (Å²) >= 11 is 0. The number of aldehydes is 1. The summed E-state index contributed by atoms with van der Waals surface area (Å²) in [4.78, 5) is 8.81. The van der Waals surface area contributed by atoms with Crippen molar-refractivity contribution in [1.82, 2.24) is 5.32 Å². The van der Waals surface area contributed by atoms with Gasteiger partial charge in [0.15, 0.2) is 0 Å². The van der Waals surface area contributed by atoms with Gasteiger partial charge in [0.05, 0.1) is 0 Å². The molecule has 0 aromatic heterocycles. The Hall–Kier alpha value is -0.370. The highest BCUT2D eigenvalue weighted by Crippen LogP contribution is 1.96. The minimum atomic E-state index is 0.750. The zero-order chi connectivity index (χ0) is 8.95. The molecule has 11 heavy (non-hydrogen) atoms. The van der Waals surface area contributed by atoms with Gasteiger partial charge < -0.3 is 10.1 Å². The number of piperidine rings is 1. The molecule has 0 unspecified atom stereocenters. The quantitative estimate of drug-likeness (QED) is 0.548. The Morgan fingerprint density at radius 3 is 1.55 bits per heavy atom. The molecule has 0 aromatic rings. The molecular weight excluding hydrogens is 138 g/mol. The second-order valence-electron chi connectivity index (χ2n) is 2.05. The van der Waals surface area contributed by atoms with Crippen LogP contribution in [0.3, 0.4) is 0 Å². The van der Waals surface area contributed by atoms with Gasteiger partial charge in [0.1, 0.15) is 6.29 Å². The van der Waals surface area contributed by atoms with Crippen molar-refractivity contribution >= 4 is 6.29 Å². The monoisotopic (exact) mass is 159 g/mol. The fraction of sp³-hybridized carbons (Fsp3) is 0.889. The third-order valence-electron chi connectivity index (χ3n) is 1.21. The van der Waals surface area contributed by atoms with Crippen LogP contribution in [0.1, 0.15) is 40.0 Å². The van der Waals surface area contributed by atoms with E-state index in [4.69, 9.17) is 4.79 Å². The standard InChI is InChI=1S/C5H11N.C2H4O.C2H6/c1-2-4-6-5-3-1;1-2-3;1-2/h6H,1-5H2;2H,1H3;1-2H3. The topological polar surface area (TPSA) is 29.1 Å². The van der Waals surface area contributed by atoms with Crippen molar-refractivity contribution in [2.75, 3.05) is 13.1 Å². The van der Waals surface area contributed by atoms with Crippen LogP contribution >= 0.6 is 0 Å². The molecule has 1 heterocycles. The van der Waals surface area contributed by atoms with Crippen molar-refractivity contribution in [3.63, 3.8) is 0 Å². The highest BCUT2D eigenvalue weighted by atomic mass is 16.1. The lowest BCUT2D eigenvalue weighted by molar-refractivity contribution is -0.106. The molecule has 0 radical (unpaired) electrons. The fourth-order valence-corrected chi connectivity index (χ4v) is 0.802. The SMILES string of the molecule is C1CCNCC1.CC.CC=O. The smallest absolute Gasteiger partial charge is 0.116 e. The molecule has 1 aliphatic heterocycles. The highest BCUT2D eigenvalue weighted by molar-refractivity contribution is 5.44. The van der Waals surface area contributed by atoms with Crippen molar-refractivity contribution in [3.05, 3.63) is 0 Å². The van der Waals surface area contributed by atoms with Crippen LogP contribution in [0.5, 0.6) is 0 Å². The molecule has 0 amide bonds. The summed E-state index contributed by atoms with van der Waals surface area (Å²) in [5.74, 6) is 0. The van der Waals surface area contributed by atoms with E-state index in [-0.39, 0.29) is 0 Å². The van der Waals surface area contributed by atoms with Crippen LogP contribution in [0.4, 0.5) is 0 Å². The zero-order valence-corrected chi connectivity index (χ0v) is 8.02. The van der Waals surface area contributed by atoms with Crippen LogP contribution in [0.2, 0.25) is 0 Å². The molecular formula is C9H21NO. The second kappa shape index (κ2) is 16.3. The summed E-state index contributed by atoms with van der Waals surface area (Å²) < 4.78 is 0. The van der Waals surface area contributed by atoms with Gasteiger partial charge in [-0.2, -0.15) is 0 Å². The molecule has 0 aromatic carbocycles. The summed E-state index contributed by atoms with van der Waals surface area (Å²) in [6.07, 6.45) is 4.97. The molecule has 0 bridgehead atoms. The first kappa shape index (κ1) is 13.2. The van der Waals surface area contributed by atoms with E-state index >= 15 is 0 Å². The van der Waals surface area contributed by atoms with Crippen LogP contribution in [0.25, 0.3) is 0 Å². The van der Waals surface area contributed by atoms with E-state index in [2.05, 4.69) is 5.32 Å². The van der Waals surface area contributed by atoms with Crippen molar-refractivity contribution < 1.29 is 4.79 Å². The lowest BCUT2D eigenvalue weighted by Gasteiger charge is -2.08. The van der Waals surface area contributed by atoms with E-state index in [0.29, 0.717) is 0 Å².